The Morgan fingerprint density at radius 2 is 1.78 bits per heavy atom. The summed E-state index contributed by atoms with van der Waals surface area (Å²) >= 11 is 0. The molecule has 5 nitrogen and oxygen atoms in total. The molecule has 0 unspecified atom stereocenters. The molecule has 0 atom stereocenters. The maximum absolute atomic E-state index is 12.4. The fourth-order valence-electron chi connectivity index (χ4n) is 2.74. The molecule has 1 aromatic carbocycles. The third-order valence-corrected chi connectivity index (χ3v) is 4.24. The number of hydrogen-bond acceptors (Lipinski definition) is 5. The Bertz CT molecular complexity index is 790. The minimum Gasteiger partial charge on any atom is -0.479 e. The van der Waals surface area contributed by atoms with E-state index in [1.54, 1.807) is 6.92 Å². The van der Waals surface area contributed by atoms with Crippen LogP contribution in [0.1, 0.15) is 37.9 Å². The molecule has 0 fully saturated rings. The topological polar surface area (TPSA) is 56.3 Å². The zero-order valence-corrected chi connectivity index (χ0v) is 16.1. The van der Waals surface area contributed by atoms with Crippen LogP contribution >= 0.6 is 0 Å². The van der Waals surface area contributed by atoms with Gasteiger partial charge in [0.25, 0.3) is 0 Å². The van der Waals surface area contributed by atoms with Crippen LogP contribution in [0.15, 0.2) is 18.2 Å². The van der Waals surface area contributed by atoms with Gasteiger partial charge in [-0.1, -0.05) is 13.8 Å². The molecular formula is C19H24F3N3O2. The number of halogens is 3. The maximum Gasteiger partial charge on any atom is 0.573 e. The Morgan fingerprint density at radius 3 is 2.30 bits per heavy atom. The van der Waals surface area contributed by atoms with E-state index in [1.165, 1.54) is 25.3 Å². The van der Waals surface area contributed by atoms with E-state index in [4.69, 9.17) is 4.74 Å². The van der Waals surface area contributed by atoms with Crippen LogP contribution in [0.2, 0.25) is 0 Å². The molecule has 1 aromatic heterocycles. The third kappa shape index (κ3) is 5.24. The fraction of sp³-hybridized carbons (Fsp3) is 0.474. The molecule has 2 aromatic rings. The van der Waals surface area contributed by atoms with Crippen molar-refractivity contribution in [3.63, 3.8) is 0 Å². The lowest BCUT2D eigenvalue weighted by Crippen LogP contribution is -2.19. The van der Waals surface area contributed by atoms with Crippen molar-refractivity contribution in [2.75, 3.05) is 12.4 Å². The number of nitrogens with zero attached hydrogens (tertiary/aromatic N) is 2. The molecular weight excluding hydrogens is 359 g/mol. The summed E-state index contributed by atoms with van der Waals surface area (Å²) in [4.78, 5) is 9.11. The van der Waals surface area contributed by atoms with Gasteiger partial charge in [-0.05, 0) is 50.5 Å². The van der Waals surface area contributed by atoms with Crippen LogP contribution in [0.4, 0.5) is 19.0 Å². The Kier molecular flexibility index (Phi) is 6.51. The van der Waals surface area contributed by atoms with E-state index < -0.39 is 6.36 Å². The van der Waals surface area contributed by atoms with Gasteiger partial charge >= 0.3 is 6.36 Å². The van der Waals surface area contributed by atoms with Crippen LogP contribution in [-0.4, -0.2) is 29.5 Å². The highest BCUT2D eigenvalue weighted by Gasteiger charge is 2.31. The molecule has 0 amide bonds. The number of nitrogens with one attached hydrogen (secondary N) is 1. The predicted molar refractivity (Wildman–Crippen MR) is 98.2 cm³/mol. The van der Waals surface area contributed by atoms with E-state index in [9.17, 15) is 13.2 Å². The van der Waals surface area contributed by atoms with E-state index in [0.717, 1.165) is 12.8 Å². The van der Waals surface area contributed by atoms with Gasteiger partial charge in [0.2, 0.25) is 5.88 Å². The second kappa shape index (κ2) is 8.45. The second-order valence-corrected chi connectivity index (χ2v) is 6.20. The molecule has 0 bridgehead atoms. The van der Waals surface area contributed by atoms with Gasteiger partial charge in [-0.15, -0.1) is 13.2 Å². The number of aryl methyl sites for hydroxylation is 2. The van der Waals surface area contributed by atoms with Crippen LogP contribution in [-0.2, 0) is 0 Å². The fourth-order valence-corrected chi connectivity index (χ4v) is 2.74. The summed E-state index contributed by atoms with van der Waals surface area (Å²) in [5.41, 5.74) is 2.37. The Hall–Kier alpha value is -2.51. The standard InChI is InChI=1S/C19H24F3N3O2/c1-6-13(7-2)24-17-12(4)23-16(18(25-17)26-5)15-9-8-14(10-11(15)3)27-19(20,21)22/h8-10,13H,6-7H2,1-5H3,(H,24,25). The molecule has 27 heavy (non-hydrogen) atoms. The lowest BCUT2D eigenvalue weighted by Gasteiger charge is -2.19. The summed E-state index contributed by atoms with van der Waals surface area (Å²) in [6.07, 6.45) is -2.84. The van der Waals surface area contributed by atoms with E-state index >= 15 is 0 Å². The molecule has 0 aliphatic rings. The minimum absolute atomic E-state index is 0.272. The van der Waals surface area contributed by atoms with Gasteiger partial charge < -0.3 is 14.8 Å². The zero-order valence-electron chi connectivity index (χ0n) is 16.1. The quantitative estimate of drug-likeness (QED) is 0.706. The van der Waals surface area contributed by atoms with E-state index in [1.807, 2.05) is 6.92 Å². The monoisotopic (exact) mass is 383 g/mol. The summed E-state index contributed by atoms with van der Waals surface area (Å²) < 4.78 is 46.6. The van der Waals surface area contributed by atoms with Crippen LogP contribution in [0.3, 0.4) is 0 Å². The smallest absolute Gasteiger partial charge is 0.479 e. The predicted octanol–water partition coefficient (Wildman–Crippen LogP) is 5.27. The van der Waals surface area contributed by atoms with Crippen molar-refractivity contribution in [2.45, 2.75) is 52.9 Å². The lowest BCUT2D eigenvalue weighted by atomic mass is 10.0. The molecule has 0 saturated heterocycles. The van der Waals surface area contributed by atoms with Gasteiger partial charge in [0.1, 0.15) is 11.4 Å². The zero-order chi connectivity index (χ0) is 20.2. The van der Waals surface area contributed by atoms with Gasteiger partial charge in [-0.25, -0.2) is 4.98 Å². The number of anilines is 1. The van der Waals surface area contributed by atoms with Crippen molar-refractivity contribution < 1.29 is 22.6 Å². The highest BCUT2D eigenvalue weighted by molar-refractivity contribution is 5.70. The number of ether oxygens (including phenoxy) is 2. The second-order valence-electron chi connectivity index (χ2n) is 6.20. The summed E-state index contributed by atoms with van der Waals surface area (Å²) in [6.45, 7) is 7.69. The van der Waals surface area contributed by atoms with E-state index in [0.29, 0.717) is 34.2 Å². The van der Waals surface area contributed by atoms with Crippen molar-refractivity contribution in [1.82, 2.24) is 9.97 Å². The van der Waals surface area contributed by atoms with Gasteiger partial charge in [-0.2, -0.15) is 4.98 Å². The minimum atomic E-state index is -4.73. The molecule has 0 spiro atoms. The van der Waals surface area contributed by atoms with Crippen molar-refractivity contribution >= 4 is 5.82 Å². The van der Waals surface area contributed by atoms with Crippen LogP contribution in [0.5, 0.6) is 11.6 Å². The summed E-state index contributed by atoms with van der Waals surface area (Å²) in [5, 5.41) is 3.35. The van der Waals surface area contributed by atoms with Crippen LogP contribution in [0.25, 0.3) is 11.3 Å². The first kappa shape index (κ1) is 20.8. The lowest BCUT2D eigenvalue weighted by molar-refractivity contribution is -0.274. The largest absolute Gasteiger partial charge is 0.573 e. The third-order valence-electron chi connectivity index (χ3n) is 4.24. The highest BCUT2D eigenvalue weighted by Crippen LogP contribution is 2.34. The number of methoxy groups -OCH3 is 1. The number of aromatic nitrogens is 2. The van der Waals surface area contributed by atoms with Crippen molar-refractivity contribution in [3.05, 3.63) is 29.5 Å². The summed E-state index contributed by atoms with van der Waals surface area (Å²) in [5.74, 6) is 0.667. The number of alkyl halides is 3. The Morgan fingerprint density at radius 1 is 1.11 bits per heavy atom. The molecule has 8 heteroatoms. The molecule has 148 valence electrons. The first-order chi connectivity index (χ1) is 12.7. The Labute approximate surface area is 156 Å². The molecule has 0 radical (unpaired) electrons. The molecule has 0 aliphatic carbocycles. The van der Waals surface area contributed by atoms with E-state index in [-0.39, 0.29) is 11.8 Å². The average molecular weight is 383 g/mol. The molecule has 2 rings (SSSR count). The van der Waals surface area contributed by atoms with Gasteiger partial charge in [-0.3, -0.25) is 0 Å². The first-order valence-corrected chi connectivity index (χ1v) is 8.74. The molecule has 1 heterocycles. The van der Waals surface area contributed by atoms with Crippen molar-refractivity contribution in [1.29, 1.82) is 0 Å². The average Bonchev–Trinajstić information content (AvgIpc) is 2.59. The molecule has 0 saturated carbocycles. The summed E-state index contributed by atoms with van der Waals surface area (Å²) in [6, 6.07) is 4.36. The van der Waals surface area contributed by atoms with Crippen molar-refractivity contribution in [3.8, 4) is 22.9 Å². The SMILES string of the molecule is CCC(CC)Nc1nc(OC)c(-c2ccc(OC(F)(F)F)cc2C)nc1C. The molecule has 1 N–H and O–H groups in total. The number of rotatable bonds is 7. The van der Waals surface area contributed by atoms with Gasteiger partial charge in [0, 0.05) is 11.6 Å². The number of benzene rings is 1. The maximum atomic E-state index is 12.4. The van der Waals surface area contributed by atoms with E-state index in [2.05, 4.69) is 33.9 Å². The number of hydrogen-bond donors (Lipinski definition) is 1. The first-order valence-electron chi connectivity index (χ1n) is 8.74. The normalized spacial score (nSPS) is 11.6. The van der Waals surface area contributed by atoms with Crippen LogP contribution in [0, 0.1) is 13.8 Å². The van der Waals surface area contributed by atoms with Gasteiger partial charge in [0.05, 0.1) is 12.8 Å². The molecule has 0 aliphatic heterocycles. The summed E-state index contributed by atoms with van der Waals surface area (Å²) in [7, 11) is 1.49. The van der Waals surface area contributed by atoms with Crippen molar-refractivity contribution in [2.24, 2.45) is 0 Å². The highest BCUT2D eigenvalue weighted by atomic mass is 19.4. The van der Waals surface area contributed by atoms with Crippen LogP contribution < -0.4 is 14.8 Å². The Balaban J connectivity index is 2.42. The van der Waals surface area contributed by atoms with Gasteiger partial charge in [0.15, 0.2) is 5.82 Å².